The molecule has 0 unspecified atom stereocenters. The van der Waals surface area contributed by atoms with Gasteiger partial charge in [0.1, 0.15) is 23.5 Å². The van der Waals surface area contributed by atoms with E-state index in [1.807, 2.05) is 60.6 Å². The number of Topliss-reactive ketones (excluding diaryl/α,β-unsaturated/α-hetero) is 4. The number of ether oxygens (including phenoxy) is 1. The van der Waals surface area contributed by atoms with E-state index in [0.717, 1.165) is 32.1 Å². The van der Waals surface area contributed by atoms with E-state index in [-0.39, 0.29) is 39.8 Å². The van der Waals surface area contributed by atoms with E-state index in [1.54, 1.807) is 0 Å². The van der Waals surface area contributed by atoms with Crippen molar-refractivity contribution in [3.8, 4) is 0 Å². The molecule has 1 atom stereocenters. The molecule has 6 heteroatoms. The van der Waals surface area contributed by atoms with Crippen LogP contribution in [-0.2, 0) is 23.9 Å². The first-order valence-corrected chi connectivity index (χ1v) is 18.9. The molecular weight excluding hydrogens is 612 g/mol. The molecule has 0 amide bonds. The Hall–Kier alpha value is -1.92. The molecule has 0 aromatic heterocycles. The highest BCUT2D eigenvalue weighted by atomic mass is 16.5. The average molecular weight is 693 g/mol. The molecule has 0 aliphatic rings. The zero-order valence-corrected chi connectivity index (χ0v) is 35.1. The van der Waals surface area contributed by atoms with Crippen LogP contribution in [0.1, 0.15) is 188 Å². The van der Waals surface area contributed by atoms with Crippen LogP contribution in [-0.4, -0.2) is 46.6 Å². The Morgan fingerprint density at radius 1 is 0.633 bits per heavy atom. The van der Waals surface area contributed by atoms with E-state index in [2.05, 4.69) is 74.5 Å². The fourth-order valence-corrected chi connectivity index (χ4v) is 4.44. The second-order valence-electron chi connectivity index (χ2n) is 18.2. The number of carbonyl (C=O) groups is 4. The van der Waals surface area contributed by atoms with Crippen molar-refractivity contribution in [3.05, 3.63) is 24.3 Å². The van der Waals surface area contributed by atoms with Gasteiger partial charge < -0.3 is 9.84 Å². The number of rotatable bonds is 20. The number of aliphatic hydroxyl groups excluding tert-OH is 1. The summed E-state index contributed by atoms with van der Waals surface area (Å²) in [5.74, 6) is 0.716. The zero-order chi connectivity index (χ0) is 39.1. The Kier molecular flexibility index (Phi) is 26.4. The first-order chi connectivity index (χ1) is 22.1. The number of carbonyl (C=O) groups excluding carboxylic acids is 4. The van der Waals surface area contributed by atoms with Crippen molar-refractivity contribution in [2.75, 3.05) is 6.61 Å². The average Bonchev–Trinajstić information content (AvgIpc) is 2.93. The van der Waals surface area contributed by atoms with Gasteiger partial charge in [-0.15, -0.1) is 0 Å². The lowest BCUT2D eigenvalue weighted by atomic mass is 9.77. The maximum Gasteiger partial charge on any atom is 0.161 e. The molecule has 0 saturated carbocycles. The molecule has 0 aliphatic heterocycles. The lowest BCUT2D eigenvalue weighted by Crippen LogP contribution is -2.41. The summed E-state index contributed by atoms with van der Waals surface area (Å²) in [6, 6.07) is 0. The van der Waals surface area contributed by atoms with Gasteiger partial charge >= 0.3 is 0 Å². The fourth-order valence-electron chi connectivity index (χ4n) is 4.44. The van der Waals surface area contributed by atoms with Crippen molar-refractivity contribution in [2.24, 2.45) is 21.7 Å². The van der Waals surface area contributed by atoms with Gasteiger partial charge in [0.05, 0.1) is 12.2 Å². The molecule has 0 spiro atoms. The van der Waals surface area contributed by atoms with Gasteiger partial charge in [-0.25, -0.2) is 0 Å². The van der Waals surface area contributed by atoms with Crippen LogP contribution in [0, 0.1) is 21.7 Å². The summed E-state index contributed by atoms with van der Waals surface area (Å²) in [6.45, 7) is 32.7. The summed E-state index contributed by atoms with van der Waals surface area (Å²) in [5.41, 5.74) is -0.902. The summed E-state index contributed by atoms with van der Waals surface area (Å²) < 4.78 is 5.69. The molecule has 49 heavy (non-hydrogen) atoms. The largest absolute Gasteiger partial charge is 0.385 e. The molecule has 0 radical (unpaired) electrons. The summed E-state index contributed by atoms with van der Waals surface area (Å²) in [5, 5.41) is 10.2. The molecule has 1 N–H and O–H groups in total. The van der Waals surface area contributed by atoms with Crippen LogP contribution in [0.15, 0.2) is 24.3 Å². The monoisotopic (exact) mass is 693 g/mol. The van der Waals surface area contributed by atoms with Crippen molar-refractivity contribution in [1.82, 2.24) is 0 Å². The van der Waals surface area contributed by atoms with Gasteiger partial charge in [-0.1, -0.05) is 121 Å². The molecule has 6 nitrogen and oxygen atoms in total. The van der Waals surface area contributed by atoms with Crippen molar-refractivity contribution in [1.29, 1.82) is 0 Å². The minimum Gasteiger partial charge on any atom is -0.385 e. The van der Waals surface area contributed by atoms with Crippen molar-refractivity contribution in [3.63, 3.8) is 0 Å². The van der Waals surface area contributed by atoms with Crippen LogP contribution in [0.3, 0.4) is 0 Å². The molecule has 288 valence electrons. The molecule has 0 bridgehead atoms. The van der Waals surface area contributed by atoms with Crippen molar-refractivity contribution in [2.45, 2.75) is 200 Å². The van der Waals surface area contributed by atoms with Crippen molar-refractivity contribution < 1.29 is 29.0 Å². The predicted molar refractivity (Wildman–Crippen MR) is 209 cm³/mol. The van der Waals surface area contributed by atoms with E-state index in [1.165, 1.54) is 0 Å². The number of aliphatic hydroxyl groups is 1. The van der Waals surface area contributed by atoms with Crippen LogP contribution in [0.25, 0.3) is 0 Å². The second-order valence-corrected chi connectivity index (χ2v) is 18.2. The Balaban J connectivity index is -0.000000684. The predicted octanol–water partition coefficient (Wildman–Crippen LogP) is 11.4. The minimum absolute atomic E-state index is 0.100. The van der Waals surface area contributed by atoms with Crippen LogP contribution in [0.5, 0.6) is 0 Å². The number of unbranched alkanes of at least 4 members (excludes halogenated alkanes) is 1. The Labute approximate surface area is 303 Å². The third kappa shape index (κ3) is 33.0. The molecule has 0 rings (SSSR count). The SMILES string of the molecule is CC/C=C\CC(=O)CC(C)(C)C.CC/C=C\CC(C)(C)C(=O)CC(C)(C)C.CCCCC(=O)CCCC(=O)[C@H](O)C(C)(C)COC(C)(C)C. The van der Waals surface area contributed by atoms with E-state index in [9.17, 15) is 24.3 Å². The summed E-state index contributed by atoms with van der Waals surface area (Å²) in [6.07, 6.45) is 15.8. The topological polar surface area (TPSA) is 97.7 Å². The van der Waals surface area contributed by atoms with Gasteiger partial charge in [0, 0.05) is 49.4 Å². The van der Waals surface area contributed by atoms with Gasteiger partial charge in [0.2, 0.25) is 0 Å². The number of ketones is 4. The highest BCUT2D eigenvalue weighted by Crippen LogP contribution is 2.30. The molecule has 0 fully saturated rings. The Bertz CT molecular complexity index is 993. The molecule has 0 heterocycles. The summed E-state index contributed by atoms with van der Waals surface area (Å²) in [4.78, 5) is 47.0. The summed E-state index contributed by atoms with van der Waals surface area (Å²) in [7, 11) is 0. The highest BCUT2D eigenvalue weighted by Gasteiger charge is 2.34. The number of allylic oxidation sites excluding steroid dienone is 4. The molecule has 0 saturated heterocycles. The van der Waals surface area contributed by atoms with Gasteiger partial charge in [-0.2, -0.15) is 0 Å². The lowest BCUT2D eigenvalue weighted by molar-refractivity contribution is -0.140. The maximum absolute atomic E-state index is 12.1. The van der Waals surface area contributed by atoms with Gasteiger partial charge in [-0.3, -0.25) is 19.2 Å². The maximum atomic E-state index is 12.1. The highest BCUT2D eigenvalue weighted by molar-refractivity contribution is 5.85. The van der Waals surface area contributed by atoms with E-state index in [0.29, 0.717) is 56.7 Å². The lowest BCUT2D eigenvalue weighted by Gasteiger charge is -2.32. The van der Waals surface area contributed by atoms with E-state index in [4.69, 9.17) is 4.74 Å². The standard InChI is InChI=1S/C18H34O4.C14H26O.C11H20O/c1-7-8-10-14(19)11-9-12-15(20)16(21)18(5,6)13-22-17(2,3)4;1-7-8-9-10-14(5,6)12(15)11-13(2,3)4;1-5-6-7-8-10(12)9-11(2,3)4/h16,21H,7-13H2,1-6H3;8-9H,7,10-11H2,1-6H3;6-7H,5,8-9H2,1-4H3/b;9-8-;7-6-/t16-;;/m0../s1. The van der Waals surface area contributed by atoms with Crippen LogP contribution >= 0.6 is 0 Å². The first-order valence-electron chi connectivity index (χ1n) is 18.9. The van der Waals surface area contributed by atoms with Gasteiger partial charge in [0.25, 0.3) is 0 Å². The summed E-state index contributed by atoms with van der Waals surface area (Å²) >= 11 is 0. The Morgan fingerprint density at radius 2 is 1.12 bits per heavy atom. The quantitative estimate of drug-likeness (QED) is 0.128. The van der Waals surface area contributed by atoms with Gasteiger partial charge in [-0.05, 0) is 63.7 Å². The van der Waals surface area contributed by atoms with Crippen molar-refractivity contribution >= 4 is 23.1 Å². The number of hydrogen-bond donors (Lipinski definition) is 1. The third-order valence-corrected chi connectivity index (χ3v) is 7.56. The second kappa shape index (κ2) is 25.1. The van der Waals surface area contributed by atoms with Gasteiger partial charge in [0.15, 0.2) is 5.78 Å². The van der Waals surface area contributed by atoms with E-state index >= 15 is 0 Å². The molecule has 0 aliphatic carbocycles. The first kappa shape index (κ1) is 51.4. The van der Waals surface area contributed by atoms with E-state index < -0.39 is 11.5 Å². The third-order valence-electron chi connectivity index (χ3n) is 7.56. The Morgan fingerprint density at radius 3 is 1.57 bits per heavy atom. The molecule has 0 aromatic carbocycles. The normalized spacial score (nSPS) is 13.4. The van der Waals surface area contributed by atoms with Crippen LogP contribution < -0.4 is 0 Å². The zero-order valence-electron chi connectivity index (χ0n) is 35.1. The molecular formula is C43H80O6. The van der Waals surface area contributed by atoms with Crippen LogP contribution in [0.4, 0.5) is 0 Å². The van der Waals surface area contributed by atoms with Crippen LogP contribution in [0.2, 0.25) is 0 Å². The fraction of sp³-hybridized carbons (Fsp3) is 0.814. The molecule has 0 aromatic rings. The minimum atomic E-state index is -1.06. The smallest absolute Gasteiger partial charge is 0.161 e. The number of hydrogen-bond acceptors (Lipinski definition) is 6.